The quantitative estimate of drug-likeness (QED) is 0.922. The van der Waals surface area contributed by atoms with Crippen molar-refractivity contribution in [3.05, 3.63) is 40.1 Å². The minimum atomic E-state index is -0.0541. The summed E-state index contributed by atoms with van der Waals surface area (Å²) >= 11 is 1.62. The molecule has 0 aromatic carbocycles. The zero-order valence-corrected chi connectivity index (χ0v) is 14.8. The highest BCUT2D eigenvalue weighted by Gasteiger charge is 2.28. The average molecular weight is 346 g/mol. The molecule has 7 heteroatoms. The predicted octanol–water partition coefficient (Wildman–Crippen LogP) is 2.14. The second-order valence-corrected chi connectivity index (χ2v) is 7.07. The van der Waals surface area contributed by atoms with Gasteiger partial charge in [0.2, 0.25) is 5.91 Å². The monoisotopic (exact) mass is 346 g/mol. The Morgan fingerprint density at radius 1 is 1.46 bits per heavy atom. The van der Waals surface area contributed by atoms with Crippen LogP contribution in [-0.2, 0) is 18.4 Å². The van der Waals surface area contributed by atoms with Crippen LogP contribution in [0.25, 0.3) is 0 Å². The van der Waals surface area contributed by atoms with Crippen LogP contribution in [0.2, 0.25) is 0 Å². The van der Waals surface area contributed by atoms with E-state index in [4.69, 9.17) is 0 Å². The minimum absolute atomic E-state index is 0.0541. The standard InChI is InChI=1S/C17H22N4O2S/c1-12(22)18-9-14-11-24-16(19-14)13-5-3-8-21(10-13)17(23)15-6-4-7-20(15)2/h4,6-7,11,13H,3,5,8-10H2,1-2H3,(H,18,22)/t13-/m1/s1. The van der Waals surface area contributed by atoms with E-state index in [9.17, 15) is 9.59 Å². The maximum atomic E-state index is 12.7. The van der Waals surface area contributed by atoms with E-state index in [0.717, 1.165) is 35.8 Å². The third kappa shape index (κ3) is 3.67. The van der Waals surface area contributed by atoms with Gasteiger partial charge in [0.05, 0.1) is 17.2 Å². The van der Waals surface area contributed by atoms with Crippen molar-refractivity contribution in [3.8, 4) is 0 Å². The van der Waals surface area contributed by atoms with E-state index in [-0.39, 0.29) is 17.7 Å². The molecule has 128 valence electrons. The molecule has 1 saturated heterocycles. The van der Waals surface area contributed by atoms with Crippen molar-refractivity contribution in [3.63, 3.8) is 0 Å². The summed E-state index contributed by atoms with van der Waals surface area (Å²) in [7, 11) is 1.89. The lowest BCUT2D eigenvalue weighted by Gasteiger charge is -2.32. The highest BCUT2D eigenvalue weighted by molar-refractivity contribution is 7.09. The third-order valence-corrected chi connectivity index (χ3v) is 5.36. The molecule has 1 aliphatic rings. The van der Waals surface area contributed by atoms with Gasteiger partial charge in [0, 0.05) is 44.6 Å². The zero-order chi connectivity index (χ0) is 17.1. The number of carbonyl (C=O) groups excluding carboxylic acids is 2. The van der Waals surface area contributed by atoms with E-state index < -0.39 is 0 Å². The molecule has 1 N–H and O–H groups in total. The van der Waals surface area contributed by atoms with Crippen LogP contribution >= 0.6 is 11.3 Å². The average Bonchev–Trinajstić information content (AvgIpc) is 3.21. The van der Waals surface area contributed by atoms with Gasteiger partial charge in [-0.1, -0.05) is 0 Å². The van der Waals surface area contributed by atoms with Crippen LogP contribution in [0.4, 0.5) is 0 Å². The molecular formula is C17H22N4O2S. The first kappa shape index (κ1) is 16.7. The molecule has 1 fully saturated rings. The number of aryl methyl sites for hydroxylation is 1. The second-order valence-electron chi connectivity index (χ2n) is 6.18. The SMILES string of the molecule is CC(=O)NCc1csc([C@@H]2CCCN(C(=O)c3cccn3C)C2)n1. The van der Waals surface area contributed by atoms with E-state index >= 15 is 0 Å². The summed E-state index contributed by atoms with van der Waals surface area (Å²) in [5, 5.41) is 5.81. The van der Waals surface area contributed by atoms with Crippen LogP contribution < -0.4 is 5.32 Å². The number of nitrogens with zero attached hydrogens (tertiary/aromatic N) is 3. The Morgan fingerprint density at radius 2 is 2.29 bits per heavy atom. The first-order valence-electron chi connectivity index (χ1n) is 8.14. The molecule has 1 aliphatic heterocycles. The Balaban J connectivity index is 1.66. The fourth-order valence-corrected chi connectivity index (χ4v) is 3.96. The molecule has 24 heavy (non-hydrogen) atoms. The van der Waals surface area contributed by atoms with E-state index in [0.29, 0.717) is 13.1 Å². The van der Waals surface area contributed by atoms with Gasteiger partial charge in [-0.2, -0.15) is 0 Å². The molecule has 0 unspecified atom stereocenters. The van der Waals surface area contributed by atoms with Gasteiger partial charge in [0.15, 0.2) is 0 Å². The van der Waals surface area contributed by atoms with Gasteiger partial charge in [-0.15, -0.1) is 11.3 Å². The fraction of sp³-hybridized carbons (Fsp3) is 0.471. The summed E-state index contributed by atoms with van der Waals surface area (Å²) in [6.07, 6.45) is 3.93. The molecule has 1 atom stereocenters. The predicted molar refractivity (Wildman–Crippen MR) is 92.9 cm³/mol. The van der Waals surface area contributed by atoms with Crippen molar-refractivity contribution in [1.29, 1.82) is 0 Å². The molecule has 0 aliphatic carbocycles. The third-order valence-electron chi connectivity index (χ3n) is 4.31. The van der Waals surface area contributed by atoms with Gasteiger partial charge in [-0.05, 0) is 25.0 Å². The van der Waals surface area contributed by atoms with Gasteiger partial charge in [-0.25, -0.2) is 4.98 Å². The topological polar surface area (TPSA) is 67.2 Å². The van der Waals surface area contributed by atoms with Crippen molar-refractivity contribution in [2.75, 3.05) is 13.1 Å². The molecule has 6 nitrogen and oxygen atoms in total. The van der Waals surface area contributed by atoms with Crippen molar-refractivity contribution in [2.45, 2.75) is 32.2 Å². The number of hydrogen-bond acceptors (Lipinski definition) is 4. The van der Waals surface area contributed by atoms with Crippen LogP contribution in [0.5, 0.6) is 0 Å². The smallest absolute Gasteiger partial charge is 0.270 e. The summed E-state index contributed by atoms with van der Waals surface area (Å²) in [5.74, 6) is 0.308. The van der Waals surface area contributed by atoms with E-state index in [1.165, 1.54) is 6.92 Å². The molecule has 2 aromatic heterocycles. The van der Waals surface area contributed by atoms with Crippen LogP contribution in [0.3, 0.4) is 0 Å². The fourth-order valence-electron chi connectivity index (χ4n) is 3.01. The first-order valence-corrected chi connectivity index (χ1v) is 9.02. The van der Waals surface area contributed by atoms with E-state index in [1.54, 1.807) is 11.3 Å². The number of nitrogens with one attached hydrogen (secondary N) is 1. The lowest BCUT2D eigenvalue weighted by molar-refractivity contribution is -0.119. The number of rotatable bonds is 4. The number of amides is 2. The largest absolute Gasteiger partial charge is 0.351 e. The number of carbonyl (C=O) groups is 2. The van der Waals surface area contributed by atoms with Crippen molar-refractivity contribution in [2.24, 2.45) is 7.05 Å². The number of hydrogen-bond donors (Lipinski definition) is 1. The normalized spacial score (nSPS) is 17.8. The maximum Gasteiger partial charge on any atom is 0.270 e. The molecule has 2 amide bonds. The lowest BCUT2D eigenvalue weighted by Crippen LogP contribution is -2.39. The molecule has 3 heterocycles. The Labute approximate surface area is 145 Å². The zero-order valence-electron chi connectivity index (χ0n) is 14.0. The minimum Gasteiger partial charge on any atom is -0.351 e. The lowest BCUT2D eigenvalue weighted by atomic mass is 9.98. The number of likely N-dealkylation sites (tertiary alicyclic amines) is 1. The highest BCUT2D eigenvalue weighted by Crippen LogP contribution is 2.30. The van der Waals surface area contributed by atoms with Gasteiger partial charge in [0.1, 0.15) is 5.69 Å². The van der Waals surface area contributed by atoms with Gasteiger partial charge < -0.3 is 14.8 Å². The Bertz CT molecular complexity index is 737. The summed E-state index contributed by atoms with van der Waals surface area (Å²) in [4.78, 5) is 30.3. The maximum absolute atomic E-state index is 12.7. The second kappa shape index (κ2) is 7.17. The molecule has 0 radical (unpaired) electrons. The summed E-state index contributed by atoms with van der Waals surface area (Å²) in [6.45, 7) is 3.47. The van der Waals surface area contributed by atoms with Crippen LogP contribution in [-0.4, -0.2) is 39.4 Å². The van der Waals surface area contributed by atoms with Crippen LogP contribution in [0.15, 0.2) is 23.7 Å². The van der Waals surface area contributed by atoms with Gasteiger partial charge in [-0.3, -0.25) is 9.59 Å². The first-order chi connectivity index (χ1) is 11.5. The summed E-state index contributed by atoms with van der Waals surface area (Å²) in [6, 6.07) is 3.75. The van der Waals surface area contributed by atoms with Crippen molar-refractivity contribution in [1.82, 2.24) is 19.8 Å². The Morgan fingerprint density at radius 3 is 3.00 bits per heavy atom. The number of piperidine rings is 1. The summed E-state index contributed by atoms with van der Waals surface area (Å²) < 4.78 is 1.86. The van der Waals surface area contributed by atoms with Crippen molar-refractivity contribution >= 4 is 23.2 Å². The molecular weight excluding hydrogens is 324 g/mol. The van der Waals surface area contributed by atoms with Crippen molar-refractivity contribution < 1.29 is 9.59 Å². The van der Waals surface area contributed by atoms with Gasteiger partial charge >= 0.3 is 0 Å². The van der Waals surface area contributed by atoms with E-state index in [1.807, 2.05) is 40.2 Å². The molecule has 2 aromatic rings. The van der Waals surface area contributed by atoms with Gasteiger partial charge in [0.25, 0.3) is 5.91 Å². The molecule has 0 bridgehead atoms. The Kier molecular flexibility index (Phi) is 4.99. The number of aromatic nitrogens is 2. The number of thiazole rings is 1. The van der Waals surface area contributed by atoms with Crippen LogP contribution in [0, 0.1) is 0 Å². The highest BCUT2D eigenvalue weighted by atomic mass is 32.1. The molecule has 0 saturated carbocycles. The van der Waals surface area contributed by atoms with Crippen LogP contribution in [0.1, 0.15) is 46.9 Å². The summed E-state index contributed by atoms with van der Waals surface area (Å²) in [5.41, 5.74) is 1.61. The Hall–Kier alpha value is -2.15. The molecule has 0 spiro atoms. The molecule has 3 rings (SSSR count). The van der Waals surface area contributed by atoms with E-state index in [2.05, 4.69) is 10.3 Å².